The van der Waals surface area contributed by atoms with E-state index in [1.807, 2.05) is 0 Å². The van der Waals surface area contributed by atoms with Crippen LogP contribution in [0.1, 0.15) is 23.2 Å². The second-order valence-electron chi connectivity index (χ2n) is 4.88. The molecule has 0 heterocycles. The molecule has 0 radical (unpaired) electrons. The van der Waals surface area contributed by atoms with Crippen LogP contribution in [0.3, 0.4) is 0 Å². The third kappa shape index (κ3) is 2.81. The summed E-state index contributed by atoms with van der Waals surface area (Å²) in [6, 6.07) is 5.18. The maximum Gasteiger partial charge on any atom is 0.255 e. The van der Waals surface area contributed by atoms with Gasteiger partial charge in [0.1, 0.15) is 0 Å². The Bertz CT molecular complexity index is 469. The number of methoxy groups -OCH3 is 2. The number of ether oxygens (including phenoxy) is 2. The number of carbonyl (C=O) groups is 1. The van der Waals surface area contributed by atoms with Crippen LogP contribution in [0.25, 0.3) is 0 Å². The normalized spacial score (nSPS) is 15.7. The van der Waals surface area contributed by atoms with Crippen molar-refractivity contribution in [3.05, 3.63) is 23.8 Å². The molecular formula is C14H19NO4. The number of para-hydroxylation sites is 1. The molecule has 1 aliphatic carbocycles. The van der Waals surface area contributed by atoms with E-state index in [0.717, 1.165) is 12.8 Å². The van der Waals surface area contributed by atoms with Crippen molar-refractivity contribution in [3.63, 3.8) is 0 Å². The Morgan fingerprint density at radius 3 is 2.63 bits per heavy atom. The molecule has 5 nitrogen and oxygen atoms in total. The van der Waals surface area contributed by atoms with E-state index in [1.165, 1.54) is 14.2 Å². The molecule has 1 amide bonds. The first-order valence-electron chi connectivity index (χ1n) is 6.26. The average Bonchev–Trinajstić information content (AvgIpc) is 3.24. The summed E-state index contributed by atoms with van der Waals surface area (Å²) >= 11 is 0. The van der Waals surface area contributed by atoms with Crippen LogP contribution in [0, 0.1) is 5.41 Å². The number of rotatable bonds is 6. The summed E-state index contributed by atoms with van der Waals surface area (Å²) in [5.41, 5.74) is 0.331. The highest BCUT2D eigenvalue weighted by atomic mass is 16.5. The number of benzene rings is 1. The topological polar surface area (TPSA) is 67.8 Å². The van der Waals surface area contributed by atoms with E-state index in [-0.39, 0.29) is 17.9 Å². The van der Waals surface area contributed by atoms with Gasteiger partial charge in [-0.3, -0.25) is 4.79 Å². The van der Waals surface area contributed by atoms with Gasteiger partial charge in [-0.25, -0.2) is 0 Å². The lowest BCUT2D eigenvalue weighted by molar-refractivity contribution is 0.0931. The van der Waals surface area contributed by atoms with Gasteiger partial charge >= 0.3 is 0 Å². The number of amides is 1. The molecule has 0 aliphatic heterocycles. The van der Waals surface area contributed by atoms with E-state index in [0.29, 0.717) is 23.6 Å². The van der Waals surface area contributed by atoms with E-state index in [1.54, 1.807) is 18.2 Å². The number of carbonyl (C=O) groups excluding carboxylic acids is 1. The first kappa shape index (κ1) is 13.7. The molecule has 2 N–H and O–H groups in total. The van der Waals surface area contributed by atoms with Gasteiger partial charge in [-0.05, 0) is 25.0 Å². The predicted molar refractivity (Wildman–Crippen MR) is 70.6 cm³/mol. The van der Waals surface area contributed by atoms with Crippen molar-refractivity contribution in [1.82, 2.24) is 5.32 Å². The van der Waals surface area contributed by atoms with E-state index < -0.39 is 0 Å². The van der Waals surface area contributed by atoms with Gasteiger partial charge in [-0.2, -0.15) is 0 Å². The highest BCUT2D eigenvalue weighted by Gasteiger charge is 2.42. The van der Waals surface area contributed by atoms with E-state index in [9.17, 15) is 9.90 Å². The van der Waals surface area contributed by atoms with E-state index in [2.05, 4.69) is 5.32 Å². The molecule has 0 aromatic heterocycles. The van der Waals surface area contributed by atoms with Crippen molar-refractivity contribution >= 4 is 5.91 Å². The van der Waals surface area contributed by atoms with Gasteiger partial charge in [-0.15, -0.1) is 0 Å². The lowest BCUT2D eigenvalue weighted by Crippen LogP contribution is -2.32. The van der Waals surface area contributed by atoms with Gasteiger partial charge in [0.05, 0.1) is 26.4 Å². The largest absolute Gasteiger partial charge is 0.493 e. The van der Waals surface area contributed by atoms with E-state index in [4.69, 9.17) is 9.47 Å². The Hall–Kier alpha value is -1.75. The van der Waals surface area contributed by atoms with E-state index >= 15 is 0 Å². The molecule has 19 heavy (non-hydrogen) atoms. The minimum absolute atomic E-state index is 0.109. The van der Waals surface area contributed by atoms with Gasteiger partial charge in [0, 0.05) is 12.0 Å². The molecule has 1 aromatic rings. The standard InChI is InChI=1S/C14H19NO4/c1-18-11-5-3-4-10(12(11)19-2)13(17)15-8-14(9-16)6-7-14/h3-5,16H,6-9H2,1-2H3,(H,15,17). The molecule has 0 bridgehead atoms. The number of aliphatic hydroxyl groups excluding tert-OH is 1. The lowest BCUT2D eigenvalue weighted by Gasteiger charge is -2.15. The Balaban J connectivity index is 2.10. The molecule has 104 valence electrons. The Kier molecular flexibility index (Phi) is 3.95. The van der Waals surface area contributed by atoms with Crippen molar-refractivity contribution in [2.75, 3.05) is 27.4 Å². The van der Waals surface area contributed by atoms with Crippen LogP contribution in [0.5, 0.6) is 11.5 Å². The SMILES string of the molecule is COc1cccc(C(=O)NCC2(CO)CC2)c1OC. The summed E-state index contributed by atoms with van der Waals surface area (Å²) in [4.78, 5) is 12.2. The first-order chi connectivity index (χ1) is 9.15. The van der Waals surface area contributed by atoms with Crippen LogP contribution in [0.4, 0.5) is 0 Å². The first-order valence-corrected chi connectivity index (χ1v) is 6.26. The molecule has 1 aliphatic rings. The molecule has 0 unspecified atom stereocenters. The molecular weight excluding hydrogens is 246 g/mol. The van der Waals surface area contributed by atoms with Gasteiger partial charge in [0.2, 0.25) is 0 Å². The average molecular weight is 265 g/mol. The fraction of sp³-hybridized carbons (Fsp3) is 0.500. The van der Waals surface area contributed by atoms with Crippen LogP contribution in [0.15, 0.2) is 18.2 Å². The number of nitrogens with one attached hydrogen (secondary N) is 1. The van der Waals surface area contributed by atoms with Gasteiger partial charge < -0.3 is 19.9 Å². The van der Waals surface area contributed by atoms with Crippen LogP contribution >= 0.6 is 0 Å². The second-order valence-corrected chi connectivity index (χ2v) is 4.88. The zero-order valence-electron chi connectivity index (χ0n) is 11.2. The number of hydrogen-bond acceptors (Lipinski definition) is 4. The molecule has 1 fully saturated rings. The summed E-state index contributed by atoms with van der Waals surface area (Å²) in [6.45, 7) is 0.602. The summed E-state index contributed by atoms with van der Waals surface area (Å²) in [5.74, 6) is 0.741. The van der Waals surface area contributed by atoms with Crippen LogP contribution < -0.4 is 14.8 Å². The van der Waals surface area contributed by atoms with Gasteiger partial charge in [-0.1, -0.05) is 6.07 Å². The minimum atomic E-state index is -0.213. The number of hydrogen-bond donors (Lipinski definition) is 2. The predicted octanol–water partition coefficient (Wildman–Crippen LogP) is 1.21. The molecule has 0 spiro atoms. The quantitative estimate of drug-likeness (QED) is 0.811. The zero-order chi connectivity index (χ0) is 13.9. The maximum atomic E-state index is 12.2. The van der Waals surface area contributed by atoms with Crippen molar-refractivity contribution in [3.8, 4) is 11.5 Å². The number of aliphatic hydroxyl groups is 1. The minimum Gasteiger partial charge on any atom is -0.493 e. The van der Waals surface area contributed by atoms with Crippen molar-refractivity contribution in [2.24, 2.45) is 5.41 Å². The van der Waals surface area contributed by atoms with Crippen LogP contribution in [-0.4, -0.2) is 38.4 Å². The van der Waals surface area contributed by atoms with Gasteiger partial charge in [0.25, 0.3) is 5.91 Å². The molecule has 0 atom stereocenters. The van der Waals surface area contributed by atoms with Crippen LogP contribution in [0.2, 0.25) is 0 Å². The van der Waals surface area contributed by atoms with Crippen molar-refractivity contribution in [2.45, 2.75) is 12.8 Å². The monoisotopic (exact) mass is 265 g/mol. The molecule has 0 saturated heterocycles. The highest BCUT2D eigenvalue weighted by Crippen LogP contribution is 2.44. The molecule has 2 rings (SSSR count). The lowest BCUT2D eigenvalue weighted by atomic mass is 10.1. The third-order valence-corrected chi connectivity index (χ3v) is 3.56. The summed E-state index contributed by atoms with van der Waals surface area (Å²) < 4.78 is 10.4. The van der Waals surface area contributed by atoms with Crippen molar-refractivity contribution in [1.29, 1.82) is 0 Å². The second kappa shape index (κ2) is 5.48. The van der Waals surface area contributed by atoms with Crippen molar-refractivity contribution < 1.29 is 19.4 Å². The molecule has 5 heteroatoms. The smallest absolute Gasteiger partial charge is 0.255 e. The third-order valence-electron chi connectivity index (χ3n) is 3.56. The maximum absolute atomic E-state index is 12.2. The fourth-order valence-electron chi connectivity index (χ4n) is 2.00. The summed E-state index contributed by atoms with van der Waals surface area (Å²) in [5, 5.41) is 12.1. The molecule has 1 saturated carbocycles. The Morgan fingerprint density at radius 2 is 2.11 bits per heavy atom. The fourth-order valence-corrected chi connectivity index (χ4v) is 2.00. The summed E-state index contributed by atoms with van der Waals surface area (Å²) in [6.07, 6.45) is 1.91. The van der Waals surface area contributed by atoms with Crippen LogP contribution in [-0.2, 0) is 0 Å². The summed E-state index contributed by atoms with van der Waals surface area (Å²) in [7, 11) is 3.04. The van der Waals surface area contributed by atoms with Gasteiger partial charge in [0.15, 0.2) is 11.5 Å². The highest BCUT2D eigenvalue weighted by molar-refractivity contribution is 5.97. The Morgan fingerprint density at radius 1 is 1.37 bits per heavy atom. The Labute approximate surface area is 112 Å². The zero-order valence-corrected chi connectivity index (χ0v) is 11.2. The molecule has 1 aromatic carbocycles.